The first-order chi connectivity index (χ1) is 14.1. The van der Waals surface area contributed by atoms with Crippen molar-refractivity contribution in [3.8, 4) is 0 Å². The summed E-state index contributed by atoms with van der Waals surface area (Å²) in [5.41, 5.74) is -0.333. The quantitative estimate of drug-likeness (QED) is 0.673. The number of rotatable bonds is 5. The molecular formula is C19H19BrF3N3O3S. The van der Waals surface area contributed by atoms with E-state index in [0.717, 1.165) is 16.4 Å². The number of halogens is 4. The third kappa shape index (κ3) is 5.38. The molecule has 162 valence electrons. The number of piperidine rings is 1. The van der Waals surface area contributed by atoms with Crippen LogP contribution in [0.5, 0.6) is 0 Å². The molecule has 30 heavy (non-hydrogen) atoms. The Morgan fingerprint density at radius 2 is 1.90 bits per heavy atom. The average Bonchev–Trinajstić information content (AvgIpc) is 2.72. The van der Waals surface area contributed by atoms with Gasteiger partial charge in [-0.2, -0.15) is 17.5 Å². The fourth-order valence-electron chi connectivity index (χ4n) is 3.21. The molecule has 0 bridgehead atoms. The maximum atomic E-state index is 13.0. The van der Waals surface area contributed by atoms with Gasteiger partial charge in [-0.3, -0.25) is 9.78 Å². The molecule has 1 aliphatic rings. The smallest absolute Gasteiger partial charge is 0.350 e. The van der Waals surface area contributed by atoms with Gasteiger partial charge in [0, 0.05) is 29.7 Å². The van der Waals surface area contributed by atoms with Crippen molar-refractivity contribution in [1.29, 1.82) is 0 Å². The first-order valence-electron chi connectivity index (χ1n) is 9.13. The molecular weight excluding hydrogens is 487 g/mol. The number of carbonyl (C=O) groups excluding carboxylic acids is 1. The molecule has 1 aromatic heterocycles. The Morgan fingerprint density at radius 1 is 1.20 bits per heavy atom. The monoisotopic (exact) mass is 505 g/mol. The lowest BCUT2D eigenvalue weighted by molar-refractivity contribution is -0.137. The van der Waals surface area contributed by atoms with Crippen LogP contribution in [0.2, 0.25) is 0 Å². The number of benzene rings is 1. The largest absolute Gasteiger partial charge is 0.416 e. The van der Waals surface area contributed by atoms with Crippen LogP contribution in [0.1, 0.15) is 24.1 Å². The number of nitrogens with one attached hydrogen (secondary N) is 1. The number of hydrogen-bond acceptors (Lipinski definition) is 4. The SMILES string of the molecule is O=C(NCc1ccccn1)C1CCN(S(=O)(=O)c2cc(Br)cc(C(F)(F)F)c2)CC1. The van der Waals surface area contributed by atoms with Crippen LogP contribution in [-0.2, 0) is 27.5 Å². The molecule has 0 spiro atoms. The number of pyridine rings is 1. The first kappa shape index (κ1) is 22.7. The van der Waals surface area contributed by atoms with Gasteiger partial charge < -0.3 is 5.32 Å². The minimum Gasteiger partial charge on any atom is -0.350 e. The van der Waals surface area contributed by atoms with E-state index in [4.69, 9.17) is 0 Å². The van der Waals surface area contributed by atoms with E-state index in [1.54, 1.807) is 18.3 Å². The fourth-order valence-corrected chi connectivity index (χ4v) is 5.39. The highest BCUT2D eigenvalue weighted by Crippen LogP contribution is 2.34. The lowest BCUT2D eigenvalue weighted by Crippen LogP contribution is -2.43. The molecule has 1 amide bonds. The van der Waals surface area contributed by atoms with Gasteiger partial charge >= 0.3 is 6.18 Å². The minimum absolute atomic E-state index is 0.0275. The Balaban J connectivity index is 1.64. The molecule has 11 heteroatoms. The summed E-state index contributed by atoms with van der Waals surface area (Å²) < 4.78 is 65.9. The zero-order valence-electron chi connectivity index (χ0n) is 15.7. The third-order valence-electron chi connectivity index (χ3n) is 4.83. The second-order valence-electron chi connectivity index (χ2n) is 6.89. The second-order valence-corrected chi connectivity index (χ2v) is 9.74. The molecule has 1 aromatic carbocycles. The Hall–Kier alpha value is -1.98. The van der Waals surface area contributed by atoms with E-state index in [9.17, 15) is 26.4 Å². The Labute approximate surface area is 180 Å². The highest BCUT2D eigenvalue weighted by atomic mass is 79.9. The molecule has 1 N–H and O–H groups in total. The Morgan fingerprint density at radius 3 is 2.50 bits per heavy atom. The summed E-state index contributed by atoms with van der Waals surface area (Å²) in [6.07, 6.45) is -2.47. The molecule has 0 saturated carbocycles. The minimum atomic E-state index is -4.66. The van der Waals surface area contributed by atoms with E-state index in [-0.39, 0.29) is 48.8 Å². The van der Waals surface area contributed by atoms with Gasteiger partial charge in [-0.15, -0.1) is 0 Å². The van der Waals surface area contributed by atoms with Gasteiger partial charge in [-0.05, 0) is 43.2 Å². The van der Waals surface area contributed by atoms with Crippen LogP contribution < -0.4 is 5.32 Å². The van der Waals surface area contributed by atoms with Crippen molar-refractivity contribution in [2.45, 2.75) is 30.5 Å². The van der Waals surface area contributed by atoms with Crippen molar-refractivity contribution >= 4 is 31.9 Å². The summed E-state index contributed by atoms with van der Waals surface area (Å²) in [7, 11) is -4.11. The summed E-state index contributed by atoms with van der Waals surface area (Å²) in [6, 6.07) is 7.97. The van der Waals surface area contributed by atoms with E-state index in [0.29, 0.717) is 11.8 Å². The molecule has 2 heterocycles. The van der Waals surface area contributed by atoms with Crippen molar-refractivity contribution in [2.24, 2.45) is 5.92 Å². The van der Waals surface area contributed by atoms with Crippen LogP contribution in [-0.4, -0.2) is 36.7 Å². The van der Waals surface area contributed by atoms with Gasteiger partial charge in [0.25, 0.3) is 0 Å². The Kier molecular flexibility index (Phi) is 6.83. The van der Waals surface area contributed by atoms with Gasteiger partial charge in [-0.1, -0.05) is 22.0 Å². The summed E-state index contributed by atoms with van der Waals surface area (Å²) in [4.78, 5) is 16.0. The molecule has 1 saturated heterocycles. The van der Waals surface area contributed by atoms with E-state index >= 15 is 0 Å². The van der Waals surface area contributed by atoms with Crippen LogP contribution in [0, 0.1) is 5.92 Å². The van der Waals surface area contributed by atoms with E-state index < -0.39 is 26.7 Å². The molecule has 0 radical (unpaired) electrons. The summed E-state index contributed by atoms with van der Waals surface area (Å²) in [5, 5.41) is 2.78. The predicted octanol–water partition coefficient (Wildman–Crippen LogP) is 3.58. The van der Waals surface area contributed by atoms with Gasteiger partial charge in [0.05, 0.1) is 22.7 Å². The molecule has 3 rings (SSSR count). The third-order valence-corrected chi connectivity index (χ3v) is 7.17. The van der Waals surface area contributed by atoms with Crippen LogP contribution >= 0.6 is 15.9 Å². The van der Waals surface area contributed by atoms with Crippen LogP contribution in [0.4, 0.5) is 13.2 Å². The molecule has 6 nitrogen and oxygen atoms in total. The predicted molar refractivity (Wildman–Crippen MR) is 107 cm³/mol. The van der Waals surface area contributed by atoms with E-state index in [1.807, 2.05) is 6.07 Å². The van der Waals surface area contributed by atoms with Crippen molar-refractivity contribution in [3.05, 3.63) is 58.3 Å². The van der Waals surface area contributed by atoms with Gasteiger partial charge in [0.15, 0.2) is 0 Å². The van der Waals surface area contributed by atoms with Crippen molar-refractivity contribution in [2.75, 3.05) is 13.1 Å². The topological polar surface area (TPSA) is 79.4 Å². The standard InChI is InChI=1S/C19H19BrF3N3O3S/c20-15-9-14(19(21,22)23)10-17(11-15)30(28,29)26-7-4-13(5-8-26)18(27)25-12-16-3-1-2-6-24-16/h1-3,6,9-11,13H,4-5,7-8,12H2,(H,25,27). The zero-order valence-corrected chi connectivity index (χ0v) is 18.1. The number of alkyl halides is 3. The molecule has 2 aromatic rings. The molecule has 0 unspecified atom stereocenters. The van der Waals surface area contributed by atoms with Crippen molar-refractivity contribution in [3.63, 3.8) is 0 Å². The van der Waals surface area contributed by atoms with Crippen molar-refractivity contribution in [1.82, 2.24) is 14.6 Å². The highest BCUT2D eigenvalue weighted by Gasteiger charge is 2.35. The van der Waals surface area contributed by atoms with Crippen LogP contribution in [0.25, 0.3) is 0 Å². The van der Waals surface area contributed by atoms with Gasteiger partial charge in [0.2, 0.25) is 15.9 Å². The number of sulfonamides is 1. The van der Waals surface area contributed by atoms with Gasteiger partial charge in [0.1, 0.15) is 0 Å². The number of hydrogen-bond donors (Lipinski definition) is 1. The summed E-state index contributed by atoms with van der Waals surface area (Å²) >= 11 is 2.95. The average molecular weight is 506 g/mol. The van der Waals surface area contributed by atoms with Crippen LogP contribution in [0.15, 0.2) is 52.0 Å². The maximum Gasteiger partial charge on any atom is 0.416 e. The molecule has 1 fully saturated rings. The molecule has 0 atom stereocenters. The van der Waals surface area contributed by atoms with E-state index in [1.165, 1.54) is 0 Å². The normalized spacial score (nSPS) is 16.4. The summed E-state index contributed by atoms with van der Waals surface area (Å²) in [6.45, 7) is 0.381. The number of amides is 1. The maximum absolute atomic E-state index is 13.0. The number of nitrogens with zero attached hydrogens (tertiary/aromatic N) is 2. The Bertz CT molecular complexity index is 1010. The second kappa shape index (κ2) is 9.03. The molecule has 1 aliphatic heterocycles. The summed E-state index contributed by atoms with van der Waals surface area (Å²) in [5.74, 6) is -0.562. The molecule has 0 aliphatic carbocycles. The van der Waals surface area contributed by atoms with Gasteiger partial charge in [-0.25, -0.2) is 8.42 Å². The van der Waals surface area contributed by atoms with Crippen LogP contribution in [0.3, 0.4) is 0 Å². The van der Waals surface area contributed by atoms with Crippen molar-refractivity contribution < 1.29 is 26.4 Å². The highest BCUT2D eigenvalue weighted by molar-refractivity contribution is 9.10. The van der Waals surface area contributed by atoms with E-state index in [2.05, 4.69) is 26.2 Å². The lowest BCUT2D eigenvalue weighted by atomic mass is 9.97. The lowest BCUT2D eigenvalue weighted by Gasteiger charge is -2.30. The zero-order chi connectivity index (χ0) is 21.9. The fraction of sp³-hybridized carbons (Fsp3) is 0.368. The number of carbonyl (C=O) groups is 1. The first-order valence-corrected chi connectivity index (χ1v) is 11.4. The number of aromatic nitrogens is 1.